The summed E-state index contributed by atoms with van der Waals surface area (Å²) < 4.78 is 5.29. The van der Waals surface area contributed by atoms with Gasteiger partial charge in [-0.15, -0.1) is 0 Å². The monoisotopic (exact) mass is 422 g/mol. The molecule has 0 fully saturated rings. The Balaban J connectivity index is 1.78. The second-order valence-corrected chi connectivity index (χ2v) is 7.91. The van der Waals surface area contributed by atoms with Crippen LogP contribution in [0, 0.1) is 0 Å². The molecule has 2 amide bonds. The topological polar surface area (TPSA) is 83.0 Å². The minimum atomic E-state index is -0.699. The number of hydrogen-bond acceptors (Lipinski definition) is 5. The van der Waals surface area contributed by atoms with Crippen LogP contribution in [0.15, 0.2) is 59.6 Å². The Kier molecular flexibility index (Phi) is 7.41. The Hall–Kier alpha value is -3.19. The van der Waals surface area contributed by atoms with Crippen molar-refractivity contribution >= 4 is 23.2 Å². The quantitative estimate of drug-likeness (QED) is 0.718. The number of fused-ring (bicyclic) bond motifs is 1. The van der Waals surface area contributed by atoms with Crippen LogP contribution < -0.4 is 15.5 Å². The molecule has 0 radical (unpaired) electrons. The number of benzene rings is 2. The molecule has 31 heavy (non-hydrogen) atoms. The summed E-state index contributed by atoms with van der Waals surface area (Å²) in [4.78, 5) is 31.7. The van der Waals surface area contributed by atoms with E-state index in [1.165, 1.54) is 0 Å². The number of carbonyl (C=O) groups is 2. The predicted molar refractivity (Wildman–Crippen MR) is 122 cm³/mol. The zero-order valence-electron chi connectivity index (χ0n) is 18.5. The van der Waals surface area contributed by atoms with E-state index in [1.54, 1.807) is 6.92 Å². The maximum atomic E-state index is 12.8. The number of likely N-dealkylation sites (N-methyl/N-ethyl adjacent to an activating group) is 1. The molecule has 1 heterocycles. The van der Waals surface area contributed by atoms with Crippen LogP contribution in [0.4, 0.5) is 5.69 Å². The second-order valence-electron chi connectivity index (χ2n) is 7.91. The second kappa shape index (κ2) is 10.2. The molecule has 7 heteroatoms. The van der Waals surface area contributed by atoms with Gasteiger partial charge in [-0.3, -0.25) is 14.6 Å². The molecular weight excluding hydrogens is 392 g/mol. The lowest BCUT2D eigenvalue weighted by Crippen LogP contribution is -2.50. The molecule has 164 valence electrons. The summed E-state index contributed by atoms with van der Waals surface area (Å²) in [5.74, 6) is -0.617. The average Bonchev–Trinajstić information content (AvgIpc) is 2.89. The molecule has 0 spiro atoms. The van der Waals surface area contributed by atoms with Gasteiger partial charge in [-0.1, -0.05) is 48.5 Å². The zero-order chi connectivity index (χ0) is 22.4. The lowest BCUT2D eigenvalue weighted by molar-refractivity contribution is -0.132. The highest BCUT2D eigenvalue weighted by atomic mass is 16.5. The van der Waals surface area contributed by atoms with Gasteiger partial charge in [0.1, 0.15) is 18.8 Å². The third kappa shape index (κ3) is 5.92. The summed E-state index contributed by atoms with van der Waals surface area (Å²) in [6.07, 6.45) is -0.518. The van der Waals surface area contributed by atoms with Crippen LogP contribution in [-0.4, -0.2) is 56.0 Å². The van der Waals surface area contributed by atoms with Gasteiger partial charge in [0.25, 0.3) is 0 Å². The van der Waals surface area contributed by atoms with Gasteiger partial charge in [0.05, 0.1) is 18.4 Å². The zero-order valence-corrected chi connectivity index (χ0v) is 18.5. The molecule has 0 aliphatic carbocycles. The van der Waals surface area contributed by atoms with E-state index in [1.807, 2.05) is 69.4 Å². The van der Waals surface area contributed by atoms with E-state index in [2.05, 4.69) is 21.6 Å². The van der Waals surface area contributed by atoms with Crippen LogP contribution in [-0.2, 0) is 14.3 Å². The predicted octanol–water partition coefficient (Wildman–Crippen LogP) is 2.35. The summed E-state index contributed by atoms with van der Waals surface area (Å²) in [5.41, 5.74) is 3.87. The third-order valence-electron chi connectivity index (χ3n) is 4.98. The number of nitrogens with one attached hydrogen (secondary N) is 2. The van der Waals surface area contributed by atoms with Crippen molar-refractivity contribution in [3.05, 3.63) is 65.7 Å². The van der Waals surface area contributed by atoms with Gasteiger partial charge < -0.3 is 20.3 Å². The van der Waals surface area contributed by atoms with E-state index in [4.69, 9.17) is 9.73 Å². The van der Waals surface area contributed by atoms with Crippen LogP contribution in [0.25, 0.3) is 0 Å². The molecule has 1 aliphatic heterocycles. The molecule has 2 atom stereocenters. The number of carbonyl (C=O) groups excluding carboxylic acids is 2. The number of nitrogens with zero attached hydrogens (tertiary/aromatic N) is 2. The highest BCUT2D eigenvalue weighted by Crippen LogP contribution is 2.26. The molecule has 7 nitrogen and oxygen atoms in total. The maximum absolute atomic E-state index is 12.8. The van der Waals surface area contributed by atoms with Crippen molar-refractivity contribution in [1.82, 2.24) is 10.6 Å². The van der Waals surface area contributed by atoms with E-state index in [0.29, 0.717) is 6.54 Å². The van der Waals surface area contributed by atoms with E-state index in [9.17, 15) is 9.59 Å². The highest BCUT2D eigenvalue weighted by Gasteiger charge is 2.25. The number of aliphatic imine (C=N–C) groups is 1. The number of rotatable bonds is 7. The number of benzodiazepines with no additional fused rings is 1. The Morgan fingerprint density at radius 2 is 1.77 bits per heavy atom. The minimum Gasteiger partial charge on any atom is -0.370 e. The van der Waals surface area contributed by atoms with Crippen LogP contribution >= 0.6 is 0 Å². The first-order valence-corrected chi connectivity index (χ1v) is 10.5. The molecule has 0 bridgehead atoms. The number of amides is 2. The Bertz CT molecular complexity index is 943. The minimum absolute atomic E-state index is 0.0521. The summed E-state index contributed by atoms with van der Waals surface area (Å²) in [5, 5.41) is 5.64. The van der Waals surface area contributed by atoms with E-state index in [0.717, 1.165) is 22.5 Å². The first-order chi connectivity index (χ1) is 14.8. The van der Waals surface area contributed by atoms with Crippen LogP contribution in [0.5, 0.6) is 0 Å². The van der Waals surface area contributed by atoms with Crippen LogP contribution in [0.2, 0.25) is 0 Å². The molecule has 3 rings (SSSR count). The molecule has 0 saturated heterocycles. The Morgan fingerprint density at radius 3 is 2.48 bits per heavy atom. The van der Waals surface area contributed by atoms with Gasteiger partial charge in [0.15, 0.2) is 0 Å². The van der Waals surface area contributed by atoms with Crippen molar-refractivity contribution in [3.8, 4) is 0 Å². The van der Waals surface area contributed by atoms with Crippen LogP contribution in [0.1, 0.15) is 31.9 Å². The van der Waals surface area contributed by atoms with Gasteiger partial charge in [-0.05, 0) is 26.8 Å². The van der Waals surface area contributed by atoms with Crippen LogP contribution in [0.3, 0.4) is 0 Å². The summed E-state index contributed by atoms with van der Waals surface area (Å²) >= 11 is 0. The molecule has 1 aliphatic rings. The van der Waals surface area contributed by atoms with E-state index >= 15 is 0 Å². The molecule has 1 unspecified atom stereocenters. The van der Waals surface area contributed by atoms with Crippen molar-refractivity contribution in [2.45, 2.75) is 39.1 Å². The molecule has 2 aromatic rings. The Labute approximate surface area is 183 Å². The van der Waals surface area contributed by atoms with Crippen molar-refractivity contribution < 1.29 is 14.3 Å². The largest absolute Gasteiger partial charge is 0.370 e. The fraction of sp³-hybridized carbons (Fsp3) is 0.375. The standard InChI is InChI=1S/C24H30N4O3/c1-16(2)31-15-22(29)25-17(3)24(30)27-21-14-28(4)20-13-9-8-12-19(20)23(26-21)18-10-6-5-7-11-18/h5-13,16-17,21H,14-15H2,1-4H3,(H,25,29)(H,27,30)/t17?,21-/m1/s1. The van der Waals surface area contributed by atoms with Gasteiger partial charge in [0, 0.05) is 23.9 Å². The normalized spacial score (nSPS) is 16.7. The fourth-order valence-electron chi connectivity index (χ4n) is 3.41. The number of hydrogen-bond donors (Lipinski definition) is 2. The number of ether oxygens (including phenoxy) is 1. The lowest BCUT2D eigenvalue weighted by atomic mass is 10.0. The summed E-state index contributed by atoms with van der Waals surface area (Å²) in [7, 11) is 1.98. The summed E-state index contributed by atoms with van der Waals surface area (Å²) in [6, 6.07) is 17.3. The highest BCUT2D eigenvalue weighted by molar-refractivity contribution is 6.16. The van der Waals surface area contributed by atoms with Gasteiger partial charge >= 0.3 is 0 Å². The number of anilines is 1. The maximum Gasteiger partial charge on any atom is 0.246 e. The average molecular weight is 423 g/mol. The molecular formula is C24H30N4O3. The number of para-hydroxylation sites is 1. The Morgan fingerprint density at radius 1 is 1.10 bits per heavy atom. The van der Waals surface area contributed by atoms with Gasteiger partial charge in [0.2, 0.25) is 11.8 Å². The lowest BCUT2D eigenvalue weighted by Gasteiger charge is -2.24. The third-order valence-corrected chi connectivity index (χ3v) is 4.98. The first kappa shape index (κ1) is 22.5. The molecule has 0 aromatic heterocycles. The molecule has 2 N–H and O–H groups in total. The smallest absolute Gasteiger partial charge is 0.246 e. The first-order valence-electron chi connectivity index (χ1n) is 10.5. The van der Waals surface area contributed by atoms with Crippen molar-refractivity contribution in [3.63, 3.8) is 0 Å². The SMILES string of the molecule is CC(C)OCC(=O)NC(C)C(=O)N[C@@H]1CN(C)c2ccccc2C(c2ccccc2)=N1. The fourth-order valence-corrected chi connectivity index (χ4v) is 3.41. The van der Waals surface area contributed by atoms with Gasteiger partial charge in [-0.25, -0.2) is 0 Å². The summed E-state index contributed by atoms with van der Waals surface area (Å²) in [6.45, 7) is 5.79. The van der Waals surface area contributed by atoms with E-state index in [-0.39, 0.29) is 24.5 Å². The van der Waals surface area contributed by atoms with Crippen molar-refractivity contribution in [2.24, 2.45) is 4.99 Å². The van der Waals surface area contributed by atoms with Crippen molar-refractivity contribution in [2.75, 3.05) is 25.1 Å². The van der Waals surface area contributed by atoms with Gasteiger partial charge in [-0.2, -0.15) is 0 Å². The van der Waals surface area contributed by atoms with E-state index < -0.39 is 12.2 Å². The molecule has 2 aromatic carbocycles. The van der Waals surface area contributed by atoms with Crippen molar-refractivity contribution in [1.29, 1.82) is 0 Å². The molecule has 0 saturated carbocycles.